The molecule has 0 spiro atoms. The molecule has 10 atom stereocenters. The number of aliphatic hydroxyl groups excluding tert-OH is 2. The fourth-order valence-corrected chi connectivity index (χ4v) is 14.3. The Balaban J connectivity index is 1.04. The van der Waals surface area contributed by atoms with Crippen molar-refractivity contribution in [3.63, 3.8) is 0 Å². The van der Waals surface area contributed by atoms with Crippen LogP contribution in [0.3, 0.4) is 0 Å². The van der Waals surface area contributed by atoms with Gasteiger partial charge in [-0.15, -0.1) is 0 Å². The first kappa shape index (κ1) is 72.7. The number of nitrogens with two attached hydrogens (primary N) is 1. The van der Waals surface area contributed by atoms with Gasteiger partial charge in [0.05, 0.1) is 19.3 Å². The Bertz CT molecular complexity index is 3820. The van der Waals surface area contributed by atoms with Crippen molar-refractivity contribution in [3.05, 3.63) is 137 Å². The van der Waals surface area contributed by atoms with Gasteiger partial charge in [-0.2, -0.15) is 23.5 Å². The van der Waals surface area contributed by atoms with Gasteiger partial charge in [-0.1, -0.05) is 36.4 Å². The van der Waals surface area contributed by atoms with Crippen molar-refractivity contribution in [1.82, 2.24) is 57.0 Å². The van der Waals surface area contributed by atoms with E-state index in [1.54, 1.807) is 43.0 Å². The quantitative estimate of drug-likeness (QED) is 0.0781. The van der Waals surface area contributed by atoms with E-state index in [0.29, 0.717) is 99.5 Å². The van der Waals surface area contributed by atoms with Crippen LogP contribution in [-0.2, 0) is 73.9 Å². The summed E-state index contributed by atoms with van der Waals surface area (Å²) in [5.41, 5.74) is 8.78. The maximum absolute atomic E-state index is 15.4. The second-order valence-electron chi connectivity index (χ2n) is 25.2. The number of ether oxygens (including phenoxy) is 1. The predicted octanol–water partition coefficient (Wildman–Crippen LogP) is 3.43. The monoisotopic (exact) mass is 1380 g/mol. The van der Waals surface area contributed by atoms with Crippen molar-refractivity contribution < 1.29 is 66.9 Å². The maximum Gasteiger partial charge on any atom is 0.246 e. The minimum Gasteiger partial charge on any atom is -0.497 e. The Morgan fingerprint density at radius 3 is 1.94 bits per heavy atom. The highest BCUT2D eigenvalue weighted by Gasteiger charge is 2.49. The summed E-state index contributed by atoms with van der Waals surface area (Å²) in [5.74, 6) is -5.39. The number of carbonyl (C=O) groups excluding carboxylic acids is 9. The number of nitrogens with zero attached hydrogens (tertiary/aromatic N) is 2. The average molecular weight is 1380 g/mol. The van der Waals surface area contributed by atoms with Crippen molar-refractivity contribution in [2.24, 2.45) is 5.73 Å². The number of aliphatic hydroxyl groups is 2. The molecule has 24 nitrogen and oxygen atoms in total. The Labute approximate surface area is 569 Å². The first-order chi connectivity index (χ1) is 46.5. The lowest BCUT2D eigenvalue weighted by molar-refractivity contribution is -0.147. The smallest absolute Gasteiger partial charge is 0.246 e. The summed E-state index contributed by atoms with van der Waals surface area (Å²) in [7, 11) is 1.50. The molecule has 520 valence electrons. The minimum atomic E-state index is -1.78. The third-order valence-corrected chi connectivity index (χ3v) is 20.0. The Hall–Kier alpha value is -8.57. The number of benzene rings is 4. The van der Waals surface area contributed by atoms with Crippen LogP contribution in [0.4, 0.5) is 8.78 Å². The number of aromatic amines is 2. The number of amides is 9. The van der Waals surface area contributed by atoms with Gasteiger partial charge in [-0.25, -0.2) is 8.78 Å². The highest BCUT2D eigenvalue weighted by atomic mass is 32.2. The molecule has 6 aromatic rings. The molecule has 3 aliphatic rings. The van der Waals surface area contributed by atoms with E-state index in [1.165, 1.54) is 86.4 Å². The number of hydrogen-bond donors (Lipinski definition) is 12. The van der Waals surface area contributed by atoms with Crippen molar-refractivity contribution in [2.45, 2.75) is 157 Å². The molecule has 4 aromatic carbocycles. The van der Waals surface area contributed by atoms with Gasteiger partial charge in [-0.3, -0.25) is 43.2 Å². The van der Waals surface area contributed by atoms with E-state index in [-0.39, 0.29) is 57.5 Å². The van der Waals surface area contributed by atoms with Gasteiger partial charge in [-0.05, 0) is 136 Å². The molecule has 13 N–H and O–H groups in total. The topological polar surface area (TPSA) is 352 Å². The van der Waals surface area contributed by atoms with Crippen LogP contribution in [0.5, 0.6) is 5.75 Å². The second-order valence-corrected chi connectivity index (χ2v) is 27.4. The first-order valence-electron chi connectivity index (χ1n) is 32.7. The SMILES string of the molecule is COc1ccc(C[C@@H]2NC(=O)[C@@H]([C@H](C)O)NC(=O)[C@@H]3C[C@H](O)CN3C(=O)[C@H](Cc3c[nH]c4ccc(F)cc34)NC(=O)[C@H](Cc3c[nH]c4ccc(F)cc34)NC(=O)[C@@H](C)NC(=O)[C@H](CCCCN)NC(=O)CCSCc3cccc(c3)CSCCNC(=O)[C@]3(C)CCCN3C2=O)cc1. The molecule has 0 aliphatic carbocycles. The number of carbonyl (C=O) groups is 9. The Morgan fingerprint density at radius 1 is 0.691 bits per heavy atom. The van der Waals surface area contributed by atoms with Gasteiger partial charge in [0.25, 0.3) is 0 Å². The standard InChI is InChI=1S/C69H86F2N12O12S2/c1-39-61(87)78-55(29-44-34-74-52-18-14-46(70)31-50(44)52)63(89)79-57(30-45-35-75-53-19-15-47(71)32-51(45)53)66(92)82-36-48(85)33-58(82)64(90)81-60(40(2)84)65(91)80-56(28-41-12-16-49(95-4)17-13-41)67(93)83-24-8-21-69(83,3)68(94)73-23-26-97-38-43-10-7-9-42(27-43)37-96-25-20-59(86)77-54(62(88)76-39)11-5-6-22-72/h7,9-10,12-19,27,31-32,34-35,39-40,48,54-58,60,74-75,84-85H,5-6,8,11,20-26,28-30,33,36-38,72H2,1-4H3,(H,73,94)(H,76,88)(H,77,86)(H,78,87)(H,79,89)(H,80,91)(H,81,90)/t39-,40+,48+,54+,55+,56+,57+,58+,60-,69+/m1/s1. The van der Waals surface area contributed by atoms with Gasteiger partial charge in [0, 0.05) is 109 Å². The predicted molar refractivity (Wildman–Crippen MR) is 364 cm³/mol. The number of thioether (sulfide) groups is 2. The lowest BCUT2D eigenvalue weighted by Gasteiger charge is -2.37. The number of methoxy groups -OCH3 is 1. The minimum absolute atomic E-state index is 0.0688. The molecule has 0 unspecified atom stereocenters. The number of rotatable bonds is 12. The number of aromatic nitrogens is 2. The summed E-state index contributed by atoms with van der Waals surface area (Å²) in [6.07, 6.45) is 0.906. The molecule has 2 fully saturated rings. The van der Waals surface area contributed by atoms with Crippen LogP contribution in [0.1, 0.15) is 93.5 Å². The third kappa shape index (κ3) is 18.8. The van der Waals surface area contributed by atoms with Crippen LogP contribution >= 0.6 is 23.5 Å². The molecule has 28 heteroatoms. The fourth-order valence-electron chi connectivity index (χ4n) is 12.6. The summed E-state index contributed by atoms with van der Waals surface area (Å²) >= 11 is 3.14. The molecule has 2 aromatic heterocycles. The highest BCUT2D eigenvalue weighted by Crippen LogP contribution is 2.32. The van der Waals surface area contributed by atoms with Crippen molar-refractivity contribution in [3.8, 4) is 5.75 Å². The maximum atomic E-state index is 15.4. The average Bonchev–Trinajstić information content (AvgIpc) is 1.50. The highest BCUT2D eigenvalue weighted by molar-refractivity contribution is 7.98. The van der Waals surface area contributed by atoms with Crippen molar-refractivity contribution >= 4 is 98.5 Å². The normalized spacial score (nSPS) is 25.0. The van der Waals surface area contributed by atoms with E-state index in [4.69, 9.17) is 10.5 Å². The third-order valence-electron chi connectivity index (χ3n) is 18.0. The number of hydrogen-bond acceptors (Lipinski definition) is 15. The zero-order valence-electron chi connectivity index (χ0n) is 54.7. The summed E-state index contributed by atoms with van der Waals surface area (Å²) in [5, 5.41) is 42.7. The van der Waals surface area contributed by atoms with E-state index >= 15 is 14.4 Å². The summed E-state index contributed by atoms with van der Waals surface area (Å²) in [6.45, 7) is 4.59. The van der Waals surface area contributed by atoms with E-state index < -0.39 is 125 Å². The zero-order valence-corrected chi connectivity index (χ0v) is 56.3. The van der Waals surface area contributed by atoms with Gasteiger partial charge >= 0.3 is 0 Å². The van der Waals surface area contributed by atoms with Crippen molar-refractivity contribution in [2.75, 3.05) is 44.8 Å². The molecule has 5 heterocycles. The van der Waals surface area contributed by atoms with Crippen LogP contribution < -0.4 is 47.7 Å². The van der Waals surface area contributed by atoms with E-state index in [2.05, 4.69) is 53.3 Å². The Morgan fingerprint density at radius 2 is 1.30 bits per heavy atom. The molecule has 0 saturated carbocycles. The Kier molecular flexibility index (Phi) is 25.2. The molecular weight excluding hydrogens is 1290 g/mol. The number of halogens is 2. The van der Waals surface area contributed by atoms with E-state index in [1.807, 2.05) is 18.2 Å². The molecule has 9 amide bonds. The number of nitrogens with one attached hydrogen (secondary N) is 9. The van der Waals surface area contributed by atoms with E-state index in [9.17, 15) is 47.8 Å². The number of unbranched alkanes of at least 4 members (excludes halogenated alkanes) is 1. The zero-order chi connectivity index (χ0) is 69.5. The van der Waals surface area contributed by atoms with Gasteiger partial charge in [0.2, 0.25) is 53.2 Å². The lowest BCUT2D eigenvalue weighted by atomic mass is 9.95. The molecule has 2 saturated heterocycles. The number of fused-ring (bicyclic) bond motifs is 6. The first-order valence-corrected chi connectivity index (χ1v) is 35.0. The van der Waals surface area contributed by atoms with Gasteiger partial charge < -0.3 is 77.7 Å². The van der Waals surface area contributed by atoms with E-state index in [0.717, 1.165) is 16.0 Å². The fraction of sp³-hybridized carbons (Fsp3) is 0.464. The number of H-pyrrole nitrogens is 2. The summed E-state index contributed by atoms with van der Waals surface area (Å²) in [6, 6.07) is 12.3. The largest absolute Gasteiger partial charge is 0.497 e. The molecule has 97 heavy (non-hydrogen) atoms. The van der Waals surface area contributed by atoms with Crippen LogP contribution in [0, 0.1) is 11.6 Å². The van der Waals surface area contributed by atoms with Crippen LogP contribution in [0.25, 0.3) is 21.8 Å². The second kappa shape index (κ2) is 33.6. The summed E-state index contributed by atoms with van der Waals surface area (Å²) in [4.78, 5) is 140. The van der Waals surface area contributed by atoms with Gasteiger partial charge in [0.1, 0.15) is 65.2 Å². The lowest BCUT2D eigenvalue weighted by Crippen LogP contribution is -2.63. The van der Waals surface area contributed by atoms with Crippen LogP contribution in [0.15, 0.2) is 97.3 Å². The van der Waals surface area contributed by atoms with Crippen LogP contribution in [0.2, 0.25) is 0 Å². The van der Waals surface area contributed by atoms with Crippen LogP contribution in [-0.4, -0.2) is 188 Å². The molecule has 2 bridgehead atoms. The molecule has 0 radical (unpaired) electrons. The molecule has 9 rings (SSSR count). The molecular formula is C69H86F2N12O12S2. The summed E-state index contributed by atoms with van der Waals surface area (Å²) < 4.78 is 35.3. The van der Waals surface area contributed by atoms with Gasteiger partial charge in [0.15, 0.2) is 0 Å². The van der Waals surface area contributed by atoms with Crippen molar-refractivity contribution in [1.29, 1.82) is 0 Å². The molecule has 3 aliphatic heterocycles.